The Bertz CT molecular complexity index is 1210. The van der Waals surface area contributed by atoms with E-state index in [0.29, 0.717) is 41.3 Å². The number of rotatable bonds is 5. The van der Waals surface area contributed by atoms with Gasteiger partial charge in [-0.2, -0.15) is 4.31 Å². The van der Waals surface area contributed by atoms with E-state index >= 15 is 0 Å². The number of carbonyl (C=O) groups excluding carboxylic acids is 1. The van der Waals surface area contributed by atoms with Crippen molar-refractivity contribution in [2.75, 3.05) is 24.5 Å². The number of halogens is 1. The lowest BCUT2D eigenvalue weighted by Gasteiger charge is -2.30. The first-order chi connectivity index (χ1) is 14.8. The minimum Gasteiger partial charge on any atom is -0.284 e. The lowest BCUT2D eigenvalue weighted by molar-refractivity contribution is 0.0988. The Labute approximate surface area is 191 Å². The Morgan fingerprint density at radius 2 is 2.00 bits per heavy atom. The number of anilines is 1. The predicted molar refractivity (Wildman–Crippen MR) is 126 cm³/mol. The lowest BCUT2D eigenvalue weighted by atomic mass is 10.0. The van der Waals surface area contributed by atoms with Gasteiger partial charge in [0, 0.05) is 30.2 Å². The molecule has 2 aromatic carbocycles. The molecule has 1 atom stereocenters. The van der Waals surface area contributed by atoms with Gasteiger partial charge in [0.1, 0.15) is 0 Å². The zero-order valence-corrected chi connectivity index (χ0v) is 19.8. The second-order valence-electron chi connectivity index (χ2n) is 7.79. The summed E-state index contributed by atoms with van der Waals surface area (Å²) in [6.45, 7) is 5.47. The Morgan fingerprint density at radius 1 is 1.26 bits per heavy atom. The van der Waals surface area contributed by atoms with Gasteiger partial charge in [-0.1, -0.05) is 29.9 Å². The molecule has 0 spiro atoms. The molecule has 1 aliphatic heterocycles. The van der Waals surface area contributed by atoms with Gasteiger partial charge in [0.05, 0.1) is 15.1 Å². The van der Waals surface area contributed by atoms with Crippen LogP contribution in [0.3, 0.4) is 0 Å². The lowest BCUT2D eigenvalue weighted by Crippen LogP contribution is -2.39. The Hall–Kier alpha value is -2.00. The molecule has 0 saturated carbocycles. The van der Waals surface area contributed by atoms with Gasteiger partial charge < -0.3 is 0 Å². The summed E-state index contributed by atoms with van der Waals surface area (Å²) in [4.78, 5) is 19.5. The number of aromatic nitrogens is 1. The van der Waals surface area contributed by atoms with Crippen molar-refractivity contribution in [3.05, 3.63) is 53.1 Å². The Balaban J connectivity index is 1.57. The minimum atomic E-state index is -3.55. The van der Waals surface area contributed by atoms with Crippen LogP contribution < -0.4 is 4.90 Å². The fraction of sp³-hybridized carbons (Fsp3) is 0.364. The van der Waals surface area contributed by atoms with Crippen LogP contribution in [0.2, 0.25) is 5.02 Å². The summed E-state index contributed by atoms with van der Waals surface area (Å²) >= 11 is 7.47. The average Bonchev–Trinajstić information content (AvgIpc) is 3.17. The number of amides is 1. The number of sulfonamides is 1. The van der Waals surface area contributed by atoms with Crippen molar-refractivity contribution >= 4 is 54.2 Å². The van der Waals surface area contributed by atoms with Crippen LogP contribution in [0.15, 0.2) is 47.4 Å². The van der Waals surface area contributed by atoms with E-state index in [9.17, 15) is 13.2 Å². The third-order valence-corrected chi connectivity index (χ3v) is 8.66. The van der Waals surface area contributed by atoms with Crippen LogP contribution in [0.4, 0.5) is 5.13 Å². The van der Waals surface area contributed by atoms with Crippen LogP contribution in [0, 0.1) is 5.92 Å². The normalized spacial score (nSPS) is 17.7. The van der Waals surface area contributed by atoms with Crippen molar-refractivity contribution in [3.8, 4) is 0 Å². The van der Waals surface area contributed by atoms with E-state index in [-0.39, 0.29) is 10.8 Å². The molecule has 31 heavy (non-hydrogen) atoms. The molecule has 1 amide bonds. The maximum atomic E-state index is 13.1. The molecule has 1 aliphatic rings. The van der Waals surface area contributed by atoms with Crippen molar-refractivity contribution in [1.82, 2.24) is 9.29 Å². The van der Waals surface area contributed by atoms with E-state index in [1.165, 1.54) is 23.5 Å². The topological polar surface area (TPSA) is 70.6 Å². The smallest absolute Gasteiger partial charge is 0.260 e. The van der Waals surface area contributed by atoms with Crippen molar-refractivity contribution in [1.29, 1.82) is 0 Å². The fourth-order valence-electron chi connectivity index (χ4n) is 3.81. The zero-order chi connectivity index (χ0) is 22.2. The second-order valence-corrected chi connectivity index (χ2v) is 11.2. The second kappa shape index (κ2) is 8.86. The molecule has 0 aliphatic carbocycles. The number of fused-ring (bicyclic) bond motifs is 1. The third-order valence-electron chi connectivity index (χ3n) is 5.49. The van der Waals surface area contributed by atoms with E-state index in [4.69, 9.17) is 11.6 Å². The van der Waals surface area contributed by atoms with E-state index in [2.05, 4.69) is 11.9 Å². The summed E-state index contributed by atoms with van der Waals surface area (Å²) in [6.07, 6.45) is 1.92. The van der Waals surface area contributed by atoms with Gasteiger partial charge in [0.15, 0.2) is 5.13 Å². The third kappa shape index (κ3) is 4.48. The Kier molecular flexibility index (Phi) is 6.35. The standard InChI is InChI=1S/C22H24ClN3O3S2/c1-3-26(22-24-19-13-17(23)8-11-20(19)30-22)21(27)16-6-9-18(10-7-16)31(28,29)25-12-4-5-15(2)14-25/h6-11,13,15H,3-5,12,14H2,1-2H3. The molecule has 1 aromatic heterocycles. The van der Waals surface area contributed by atoms with Crippen LogP contribution in [-0.4, -0.2) is 43.2 Å². The van der Waals surface area contributed by atoms with E-state index in [0.717, 1.165) is 23.1 Å². The number of benzene rings is 2. The maximum absolute atomic E-state index is 13.1. The summed E-state index contributed by atoms with van der Waals surface area (Å²) in [6, 6.07) is 11.7. The molecule has 2 heterocycles. The predicted octanol–water partition coefficient (Wildman–Crippen LogP) is 5.04. The number of hydrogen-bond acceptors (Lipinski definition) is 5. The number of carbonyl (C=O) groups is 1. The fourth-order valence-corrected chi connectivity index (χ4v) is 6.58. The molecule has 1 unspecified atom stereocenters. The largest absolute Gasteiger partial charge is 0.284 e. The molecular formula is C22H24ClN3O3S2. The first-order valence-corrected chi connectivity index (χ1v) is 12.9. The SMILES string of the molecule is CCN(C(=O)c1ccc(S(=O)(=O)N2CCCC(C)C2)cc1)c1nc2cc(Cl)ccc2s1. The summed E-state index contributed by atoms with van der Waals surface area (Å²) in [5, 5.41) is 1.18. The molecule has 3 aromatic rings. The van der Waals surface area contributed by atoms with Crippen LogP contribution in [0.25, 0.3) is 10.2 Å². The molecule has 164 valence electrons. The Morgan fingerprint density at radius 3 is 2.68 bits per heavy atom. The zero-order valence-electron chi connectivity index (χ0n) is 17.4. The molecule has 1 fully saturated rings. The molecule has 1 saturated heterocycles. The van der Waals surface area contributed by atoms with Gasteiger partial charge >= 0.3 is 0 Å². The number of nitrogens with zero attached hydrogens (tertiary/aromatic N) is 3. The maximum Gasteiger partial charge on any atom is 0.260 e. The van der Waals surface area contributed by atoms with Crippen molar-refractivity contribution in [3.63, 3.8) is 0 Å². The summed E-state index contributed by atoms with van der Waals surface area (Å²) in [5.41, 5.74) is 1.17. The molecule has 4 rings (SSSR count). The highest BCUT2D eigenvalue weighted by Crippen LogP contribution is 2.31. The number of hydrogen-bond donors (Lipinski definition) is 0. The summed E-state index contributed by atoms with van der Waals surface area (Å²) in [5.74, 6) is 0.134. The van der Waals surface area contributed by atoms with Crippen LogP contribution in [0.5, 0.6) is 0 Å². The first-order valence-electron chi connectivity index (χ1n) is 10.3. The minimum absolute atomic E-state index is 0.218. The monoisotopic (exact) mass is 477 g/mol. The van der Waals surface area contributed by atoms with Gasteiger partial charge in [0.25, 0.3) is 5.91 Å². The van der Waals surface area contributed by atoms with Crippen molar-refractivity contribution < 1.29 is 13.2 Å². The average molecular weight is 478 g/mol. The van der Waals surface area contributed by atoms with E-state index < -0.39 is 10.0 Å². The highest BCUT2D eigenvalue weighted by atomic mass is 35.5. The molecular weight excluding hydrogens is 454 g/mol. The molecule has 0 N–H and O–H groups in total. The van der Waals surface area contributed by atoms with Gasteiger partial charge in [-0.25, -0.2) is 13.4 Å². The summed E-state index contributed by atoms with van der Waals surface area (Å²) in [7, 11) is -3.55. The van der Waals surface area contributed by atoms with Crippen molar-refractivity contribution in [2.24, 2.45) is 5.92 Å². The molecule has 0 radical (unpaired) electrons. The van der Waals surface area contributed by atoms with Gasteiger partial charge in [-0.05, 0) is 68.1 Å². The molecule has 0 bridgehead atoms. The van der Waals surface area contributed by atoms with Crippen LogP contribution in [0.1, 0.15) is 37.0 Å². The van der Waals surface area contributed by atoms with Crippen molar-refractivity contribution in [2.45, 2.75) is 31.6 Å². The highest BCUT2D eigenvalue weighted by Gasteiger charge is 2.29. The van der Waals surface area contributed by atoms with Crippen LogP contribution >= 0.6 is 22.9 Å². The first kappa shape index (κ1) is 22.2. The highest BCUT2D eigenvalue weighted by molar-refractivity contribution is 7.89. The molecule has 6 nitrogen and oxygen atoms in total. The van der Waals surface area contributed by atoms with Gasteiger partial charge in [-0.15, -0.1) is 0 Å². The van der Waals surface area contributed by atoms with Gasteiger partial charge in [-0.3, -0.25) is 9.69 Å². The van der Waals surface area contributed by atoms with E-state index in [1.54, 1.807) is 33.5 Å². The van der Waals surface area contributed by atoms with E-state index in [1.807, 2.05) is 13.0 Å². The summed E-state index contributed by atoms with van der Waals surface area (Å²) < 4.78 is 28.4. The molecule has 9 heteroatoms. The van der Waals surface area contributed by atoms with Gasteiger partial charge in [0.2, 0.25) is 10.0 Å². The van der Waals surface area contributed by atoms with Crippen LogP contribution in [-0.2, 0) is 10.0 Å². The number of thiazole rings is 1. The quantitative estimate of drug-likeness (QED) is 0.516. The number of piperidine rings is 1.